The van der Waals surface area contributed by atoms with E-state index < -0.39 is 11.5 Å². The largest absolute Gasteiger partial charge is 0.480 e. The van der Waals surface area contributed by atoms with Crippen LogP contribution in [0.4, 0.5) is 0 Å². The fourth-order valence-corrected chi connectivity index (χ4v) is 3.21. The van der Waals surface area contributed by atoms with Crippen LogP contribution in [0.15, 0.2) is 0 Å². The molecular formula is C14H24N2O4. The molecule has 1 saturated heterocycles. The van der Waals surface area contributed by atoms with E-state index in [-0.39, 0.29) is 18.4 Å². The van der Waals surface area contributed by atoms with Gasteiger partial charge in [-0.05, 0) is 18.8 Å². The molecule has 2 rings (SSSR count). The average molecular weight is 284 g/mol. The first-order valence-electron chi connectivity index (χ1n) is 7.37. The number of carbonyl (C=O) groups is 2. The number of hydrogen-bond acceptors (Lipinski definition) is 4. The van der Waals surface area contributed by atoms with Crippen LogP contribution in [0.5, 0.6) is 0 Å². The van der Waals surface area contributed by atoms with Gasteiger partial charge >= 0.3 is 5.97 Å². The Morgan fingerprint density at radius 1 is 1.50 bits per heavy atom. The smallest absolute Gasteiger partial charge is 0.329 e. The number of carboxylic acids is 1. The van der Waals surface area contributed by atoms with E-state index in [1.807, 2.05) is 6.92 Å². The fourth-order valence-electron chi connectivity index (χ4n) is 3.21. The Hall–Kier alpha value is -1.14. The number of ether oxygens (including phenoxy) is 1. The molecule has 6 heteroatoms. The van der Waals surface area contributed by atoms with Gasteiger partial charge in [0.25, 0.3) is 0 Å². The molecule has 0 spiro atoms. The maximum Gasteiger partial charge on any atom is 0.329 e. The van der Waals surface area contributed by atoms with Gasteiger partial charge in [0, 0.05) is 19.0 Å². The first kappa shape index (κ1) is 15.3. The molecule has 3 unspecified atom stereocenters. The summed E-state index contributed by atoms with van der Waals surface area (Å²) < 4.78 is 5.30. The number of carboxylic acid groups (broad SMARTS) is 1. The summed E-state index contributed by atoms with van der Waals surface area (Å²) in [6.07, 6.45) is 3.18. The molecule has 0 radical (unpaired) electrons. The normalized spacial score (nSPS) is 34.5. The second-order valence-corrected chi connectivity index (χ2v) is 6.07. The standard InChI is InChI=1S/C14H24N2O4/c1-10-3-2-4-14(8-10,13(18)19)16-12(17)7-11-9-20-6-5-15-11/h10-11,15H,2-9H2,1H3,(H,16,17)(H,18,19). The lowest BCUT2D eigenvalue weighted by molar-refractivity contribution is -0.150. The molecule has 6 nitrogen and oxygen atoms in total. The minimum Gasteiger partial charge on any atom is -0.480 e. The molecule has 3 N–H and O–H groups in total. The molecule has 0 aromatic heterocycles. The third-order valence-corrected chi connectivity index (χ3v) is 4.22. The average Bonchev–Trinajstić information content (AvgIpc) is 2.39. The molecule has 1 aliphatic heterocycles. The Kier molecular flexibility index (Phi) is 4.99. The molecule has 2 aliphatic rings. The summed E-state index contributed by atoms with van der Waals surface area (Å²) in [5.74, 6) is -0.786. The Morgan fingerprint density at radius 2 is 2.30 bits per heavy atom. The molecule has 3 atom stereocenters. The summed E-state index contributed by atoms with van der Waals surface area (Å²) in [5.41, 5.74) is -1.08. The summed E-state index contributed by atoms with van der Waals surface area (Å²) in [6.45, 7) is 3.94. The number of morpholine rings is 1. The van der Waals surface area contributed by atoms with Crippen LogP contribution in [0, 0.1) is 5.92 Å². The summed E-state index contributed by atoms with van der Waals surface area (Å²) in [4.78, 5) is 23.7. The van der Waals surface area contributed by atoms with Gasteiger partial charge in [0.05, 0.1) is 13.2 Å². The van der Waals surface area contributed by atoms with Gasteiger partial charge in [-0.15, -0.1) is 0 Å². The van der Waals surface area contributed by atoms with Crippen LogP contribution in [0.2, 0.25) is 0 Å². The molecule has 1 aliphatic carbocycles. The third kappa shape index (κ3) is 3.70. The number of rotatable bonds is 4. The Morgan fingerprint density at radius 3 is 2.90 bits per heavy atom. The van der Waals surface area contributed by atoms with E-state index in [4.69, 9.17) is 4.74 Å². The Bertz CT molecular complexity index is 368. The quantitative estimate of drug-likeness (QED) is 0.700. The number of nitrogens with one attached hydrogen (secondary N) is 2. The van der Waals surface area contributed by atoms with Gasteiger partial charge in [-0.2, -0.15) is 0 Å². The second-order valence-electron chi connectivity index (χ2n) is 6.07. The highest BCUT2D eigenvalue weighted by atomic mass is 16.5. The van der Waals surface area contributed by atoms with Crippen LogP contribution in [-0.4, -0.2) is 48.3 Å². The highest BCUT2D eigenvalue weighted by Crippen LogP contribution is 2.32. The van der Waals surface area contributed by atoms with Crippen LogP contribution in [-0.2, 0) is 14.3 Å². The minimum atomic E-state index is -1.08. The molecule has 1 amide bonds. The predicted octanol–water partition coefficient (Wildman–Crippen LogP) is 0.515. The SMILES string of the molecule is CC1CCCC(NC(=O)CC2COCCN2)(C(=O)O)C1. The van der Waals surface area contributed by atoms with Gasteiger partial charge in [0.2, 0.25) is 5.91 Å². The summed E-state index contributed by atoms with van der Waals surface area (Å²) in [6, 6.07) is -0.0180. The van der Waals surface area contributed by atoms with E-state index in [0.29, 0.717) is 32.0 Å². The van der Waals surface area contributed by atoms with Crippen molar-refractivity contribution in [2.45, 2.75) is 50.6 Å². The van der Waals surface area contributed by atoms with Crippen LogP contribution >= 0.6 is 0 Å². The molecule has 114 valence electrons. The van der Waals surface area contributed by atoms with Crippen molar-refractivity contribution in [1.29, 1.82) is 0 Å². The molecule has 1 saturated carbocycles. The third-order valence-electron chi connectivity index (χ3n) is 4.22. The van der Waals surface area contributed by atoms with Crippen LogP contribution in [0.25, 0.3) is 0 Å². The zero-order chi connectivity index (χ0) is 14.6. The van der Waals surface area contributed by atoms with E-state index in [1.165, 1.54) is 0 Å². The van der Waals surface area contributed by atoms with Crippen molar-refractivity contribution in [3.05, 3.63) is 0 Å². The molecule has 0 aromatic rings. The number of aliphatic carboxylic acids is 1. The lowest BCUT2D eigenvalue weighted by atomic mass is 9.76. The zero-order valence-electron chi connectivity index (χ0n) is 12.0. The van der Waals surface area contributed by atoms with Crippen molar-refractivity contribution in [3.63, 3.8) is 0 Å². The minimum absolute atomic E-state index is 0.0180. The number of amides is 1. The van der Waals surface area contributed by atoms with Crippen molar-refractivity contribution < 1.29 is 19.4 Å². The van der Waals surface area contributed by atoms with Crippen molar-refractivity contribution >= 4 is 11.9 Å². The fraction of sp³-hybridized carbons (Fsp3) is 0.857. The Balaban J connectivity index is 1.93. The highest BCUT2D eigenvalue weighted by Gasteiger charge is 2.43. The summed E-state index contributed by atoms with van der Waals surface area (Å²) >= 11 is 0. The van der Waals surface area contributed by atoms with E-state index in [9.17, 15) is 14.7 Å². The molecule has 2 fully saturated rings. The first-order valence-corrected chi connectivity index (χ1v) is 7.37. The van der Waals surface area contributed by atoms with Crippen LogP contribution in [0.1, 0.15) is 39.0 Å². The van der Waals surface area contributed by atoms with E-state index in [1.54, 1.807) is 0 Å². The van der Waals surface area contributed by atoms with Gasteiger partial charge in [0.15, 0.2) is 0 Å². The van der Waals surface area contributed by atoms with Crippen molar-refractivity contribution in [2.75, 3.05) is 19.8 Å². The molecule has 1 heterocycles. The topological polar surface area (TPSA) is 87.7 Å². The molecular weight excluding hydrogens is 260 g/mol. The van der Waals surface area contributed by atoms with Crippen molar-refractivity contribution in [1.82, 2.24) is 10.6 Å². The second kappa shape index (κ2) is 6.54. The summed E-state index contributed by atoms with van der Waals surface area (Å²) in [7, 11) is 0. The number of hydrogen-bond donors (Lipinski definition) is 3. The van der Waals surface area contributed by atoms with Crippen LogP contribution < -0.4 is 10.6 Å². The Labute approximate surface area is 119 Å². The van der Waals surface area contributed by atoms with E-state index >= 15 is 0 Å². The molecule has 20 heavy (non-hydrogen) atoms. The monoisotopic (exact) mass is 284 g/mol. The summed E-state index contributed by atoms with van der Waals surface area (Å²) in [5, 5.41) is 15.5. The van der Waals surface area contributed by atoms with Gasteiger partial charge in [-0.25, -0.2) is 4.79 Å². The molecule has 0 bridgehead atoms. The maximum absolute atomic E-state index is 12.1. The highest BCUT2D eigenvalue weighted by molar-refractivity contribution is 5.87. The number of carbonyl (C=O) groups excluding carboxylic acids is 1. The van der Waals surface area contributed by atoms with Gasteiger partial charge in [-0.1, -0.05) is 19.8 Å². The first-order chi connectivity index (χ1) is 9.52. The lowest BCUT2D eigenvalue weighted by Gasteiger charge is -2.37. The van der Waals surface area contributed by atoms with Gasteiger partial charge in [-0.3, -0.25) is 4.79 Å². The lowest BCUT2D eigenvalue weighted by Crippen LogP contribution is -2.58. The van der Waals surface area contributed by atoms with Crippen molar-refractivity contribution in [2.24, 2.45) is 5.92 Å². The van der Waals surface area contributed by atoms with Gasteiger partial charge in [0.1, 0.15) is 5.54 Å². The van der Waals surface area contributed by atoms with Crippen LogP contribution in [0.3, 0.4) is 0 Å². The van der Waals surface area contributed by atoms with E-state index in [2.05, 4.69) is 10.6 Å². The van der Waals surface area contributed by atoms with Gasteiger partial charge < -0.3 is 20.5 Å². The predicted molar refractivity (Wildman–Crippen MR) is 73.4 cm³/mol. The zero-order valence-corrected chi connectivity index (χ0v) is 12.0. The maximum atomic E-state index is 12.1. The van der Waals surface area contributed by atoms with E-state index in [0.717, 1.165) is 19.4 Å². The molecule has 0 aromatic carbocycles. The van der Waals surface area contributed by atoms with Crippen molar-refractivity contribution in [3.8, 4) is 0 Å².